The molecule has 0 unspecified atom stereocenters. The molecule has 3 rings (SSSR count). The van der Waals surface area contributed by atoms with Crippen molar-refractivity contribution in [2.45, 2.75) is 0 Å². The van der Waals surface area contributed by atoms with Crippen LogP contribution in [0.25, 0.3) is 10.8 Å². The molecule has 23 heavy (non-hydrogen) atoms. The molecule has 3 aromatic carbocycles. The largest absolute Gasteiger partial charge is 0.508 e. The molecule has 0 fully saturated rings. The van der Waals surface area contributed by atoms with Crippen LogP contribution in [0.1, 0.15) is 20.7 Å². The van der Waals surface area contributed by atoms with Gasteiger partial charge in [0.15, 0.2) is 12.4 Å². The maximum atomic E-state index is 12.2. The van der Waals surface area contributed by atoms with Gasteiger partial charge in [0.05, 0.1) is 5.56 Å². The van der Waals surface area contributed by atoms with Crippen LogP contribution in [0.3, 0.4) is 0 Å². The van der Waals surface area contributed by atoms with Gasteiger partial charge in [-0.2, -0.15) is 0 Å². The maximum Gasteiger partial charge on any atom is 0.338 e. The molecule has 0 aromatic heterocycles. The van der Waals surface area contributed by atoms with E-state index in [4.69, 9.17) is 4.74 Å². The van der Waals surface area contributed by atoms with E-state index in [-0.39, 0.29) is 23.7 Å². The van der Waals surface area contributed by atoms with Gasteiger partial charge in [-0.1, -0.05) is 36.4 Å². The normalized spacial score (nSPS) is 10.4. The topological polar surface area (TPSA) is 63.6 Å². The molecule has 0 saturated heterocycles. The van der Waals surface area contributed by atoms with Crippen LogP contribution < -0.4 is 0 Å². The fourth-order valence-electron chi connectivity index (χ4n) is 2.26. The number of fused-ring (bicyclic) bond motifs is 1. The smallest absolute Gasteiger partial charge is 0.338 e. The highest BCUT2D eigenvalue weighted by Crippen LogP contribution is 2.16. The zero-order valence-corrected chi connectivity index (χ0v) is 12.2. The highest BCUT2D eigenvalue weighted by Gasteiger charge is 2.12. The molecule has 4 heteroatoms. The molecule has 0 radical (unpaired) electrons. The fraction of sp³-hybridized carbons (Fsp3) is 0.0526. The van der Waals surface area contributed by atoms with Gasteiger partial charge < -0.3 is 9.84 Å². The number of hydrogen-bond donors (Lipinski definition) is 1. The number of Topliss-reactive ketones (excluding diaryl/α,β-unsaturated/α-hetero) is 1. The summed E-state index contributed by atoms with van der Waals surface area (Å²) in [4.78, 5) is 24.0. The lowest BCUT2D eigenvalue weighted by molar-refractivity contribution is 0.0475. The van der Waals surface area contributed by atoms with Crippen molar-refractivity contribution in [2.75, 3.05) is 6.61 Å². The van der Waals surface area contributed by atoms with E-state index in [1.165, 1.54) is 24.3 Å². The molecule has 0 aliphatic carbocycles. The van der Waals surface area contributed by atoms with E-state index in [1.54, 1.807) is 12.1 Å². The monoisotopic (exact) mass is 306 g/mol. The average molecular weight is 306 g/mol. The first-order valence-corrected chi connectivity index (χ1v) is 7.11. The number of phenolic OH excluding ortho intramolecular Hbond substituents is 1. The number of rotatable bonds is 4. The highest BCUT2D eigenvalue weighted by atomic mass is 16.5. The van der Waals surface area contributed by atoms with Crippen LogP contribution in [0.2, 0.25) is 0 Å². The first-order chi connectivity index (χ1) is 11.1. The second kappa shape index (κ2) is 6.32. The summed E-state index contributed by atoms with van der Waals surface area (Å²) in [6, 6.07) is 18.8. The zero-order valence-electron chi connectivity index (χ0n) is 12.2. The Hall–Kier alpha value is -3.14. The number of carbonyl (C=O) groups excluding carboxylic acids is 2. The molecule has 0 spiro atoms. The lowest BCUT2D eigenvalue weighted by Gasteiger charge is -2.06. The number of carbonyl (C=O) groups is 2. The summed E-state index contributed by atoms with van der Waals surface area (Å²) in [5, 5.41) is 11.2. The zero-order chi connectivity index (χ0) is 16.2. The molecule has 0 heterocycles. The van der Waals surface area contributed by atoms with Gasteiger partial charge in [0.2, 0.25) is 0 Å². The van der Waals surface area contributed by atoms with Gasteiger partial charge in [-0.15, -0.1) is 0 Å². The van der Waals surface area contributed by atoms with Crippen LogP contribution in [0.15, 0.2) is 66.7 Å². The predicted molar refractivity (Wildman–Crippen MR) is 86.7 cm³/mol. The average Bonchev–Trinajstić information content (AvgIpc) is 2.59. The molecule has 0 atom stereocenters. The number of ether oxygens (including phenoxy) is 1. The quantitative estimate of drug-likeness (QED) is 0.591. The molecule has 0 aliphatic rings. The first-order valence-electron chi connectivity index (χ1n) is 7.11. The van der Waals surface area contributed by atoms with Gasteiger partial charge in [-0.3, -0.25) is 4.79 Å². The Bertz CT molecular complexity index is 866. The van der Waals surface area contributed by atoms with Crippen molar-refractivity contribution >= 4 is 22.5 Å². The fourth-order valence-corrected chi connectivity index (χ4v) is 2.26. The summed E-state index contributed by atoms with van der Waals surface area (Å²) in [6.07, 6.45) is 0. The van der Waals surface area contributed by atoms with Gasteiger partial charge in [0.1, 0.15) is 5.75 Å². The van der Waals surface area contributed by atoms with E-state index < -0.39 is 5.97 Å². The van der Waals surface area contributed by atoms with E-state index in [0.717, 1.165) is 10.8 Å². The minimum absolute atomic E-state index is 0.0637. The molecule has 3 aromatic rings. The first kappa shape index (κ1) is 14.8. The maximum absolute atomic E-state index is 12.2. The number of phenols is 1. The third-order valence-electron chi connectivity index (χ3n) is 3.51. The minimum atomic E-state index is -0.598. The molecular weight excluding hydrogens is 292 g/mol. The van der Waals surface area contributed by atoms with Crippen LogP contribution in [0.4, 0.5) is 0 Å². The standard InChI is InChI=1S/C19H14O4/c20-17-9-7-14(8-10-17)19(22)23-12-18(21)16-6-5-13-3-1-2-4-15(13)11-16/h1-11,20H,12H2. The van der Waals surface area contributed by atoms with Crippen LogP contribution in [-0.2, 0) is 4.74 Å². The van der Waals surface area contributed by atoms with Crippen LogP contribution in [0, 0.1) is 0 Å². The van der Waals surface area contributed by atoms with Crippen molar-refractivity contribution in [3.63, 3.8) is 0 Å². The van der Waals surface area contributed by atoms with Gasteiger partial charge in [0, 0.05) is 5.56 Å². The van der Waals surface area contributed by atoms with Crippen LogP contribution >= 0.6 is 0 Å². The summed E-state index contributed by atoms with van der Waals surface area (Å²) in [7, 11) is 0. The van der Waals surface area contributed by atoms with E-state index in [9.17, 15) is 14.7 Å². The Morgan fingerprint density at radius 3 is 2.22 bits per heavy atom. The Morgan fingerprint density at radius 1 is 0.826 bits per heavy atom. The lowest BCUT2D eigenvalue weighted by Crippen LogP contribution is -2.14. The van der Waals surface area contributed by atoms with Gasteiger partial charge >= 0.3 is 5.97 Å². The van der Waals surface area contributed by atoms with Gasteiger partial charge in [0.25, 0.3) is 0 Å². The molecule has 0 amide bonds. The van der Waals surface area contributed by atoms with Gasteiger partial charge in [-0.05, 0) is 41.1 Å². The third-order valence-corrected chi connectivity index (χ3v) is 3.51. The number of esters is 1. The van der Waals surface area contributed by atoms with Crippen molar-refractivity contribution in [1.82, 2.24) is 0 Å². The lowest BCUT2D eigenvalue weighted by atomic mass is 10.0. The van der Waals surface area contributed by atoms with Crippen LogP contribution in [-0.4, -0.2) is 23.5 Å². The molecule has 114 valence electrons. The van der Waals surface area contributed by atoms with E-state index in [2.05, 4.69) is 0 Å². The Morgan fingerprint density at radius 2 is 1.48 bits per heavy atom. The third kappa shape index (κ3) is 3.37. The van der Waals surface area contributed by atoms with Crippen molar-refractivity contribution in [2.24, 2.45) is 0 Å². The molecule has 4 nitrogen and oxygen atoms in total. The number of benzene rings is 3. The van der Waals surface area contributed by atoms with Crippen LogP contribution in [0.5, 0.6) is 5.75 Å². The van der Waals surface area contributed by atoms with Crippen molar-refractivity contribution in [3.05, 3.63) is 77.9 Å². The van der Waals surface area contributed by atoms with Gasteiger partial charge in [-0.25, -0.2) is 4.79 Å². The van der Waals surface area contributed by atoms with Crippen molar-refractivity contribution < 1.29 is 19.4 Å². The summed E-state index contributed by atoms with van der Waals surface area (Å²) >= 11 is 0. The van der Waals surface area contributed by atoms with E-state index in [1.807, 2.05) is 30.3 Å². The molecule has 0 aliphatic heterocycles. The second-order valence-corrected chi connectivity index (χ2v) is 5.11. The van der Waals surface area contributed by atoms with E-state index >= 15 is 0 Å². The summed E-state index contributed by atoms with van der Waals surface area (Å²) in [5.74, 6) is -0.796. The Kier molecular flexibility index (Phi) is 4.06. The van der Waals surface area contributed by atoms with Crippen molar-refractivity contribution in [1.29, 1.82) is 0 Å². The summed E-state index contributed by atoms with van der Waals surface area (Å²) < 4.78 is 5.03. The number of aromatic hydroxyl groups is 1. The predicted octanol–water partition coefficient (Wildman–Crippen LogP) is 3.59. The molecule has 1 N–H and O–H groups in total. The molecule has 0 saturated carbocycles. The Balaban J connectivity index is 1.68. The summed E-state index contributed by atoms with van der Waals surface area (Å²) in [6.45, 7) is -0.321. The second-order valence-electron chi connectivity index (χ2n) is 5.11. The molecular formula is C19H14O4. The van der Waals surface area contributed by atoms with E-state index in [0.29, 0.717) is 5.56 Å². The molecule has 0 bridgehead atoms. The minimum Gasteiger partial charge on any atom is -0.508 e. The highest BCUT2D eigenvalue weighted by molar-refractivity contribution is 6.02. The summed E-state index contributed by atoms with van der Waals surface area (Å²) in [5.41, 5.74) is 0.788. The number of hydrogen-bond acceptors (Lipinski definition) is 4. The van der Waals surface area contributed by atoms with Crippen molar-refractivity contribution in [3.8, 4) is 5.75 Å². The Labute approximate surface area is 132 Å². The number of ketones is 1. The SMILES string of the molecule is O=C(COC(=O)c1ccc(O)cc1)c1ccc2ccccc2c1.